The van der Waals surface area contributed by atoms with Crippen LogP contribution in [0.3, 0.4) is 0 Å². The molecular formula is C33H39N3O6. The highest BCUT2D eigenvalue weighted by molar-refractivity contribution is 5.44. The van der Waals surface area contributed by atoms with E-state index in [4.69, 9.17) is 14.2 Å². The predicted octanol–water partition coefficient (Wildman–Crippen LogP) is 4.70. The van der Waals surface area contributed by atoms with Crippen molar-refractivity contribution in [1.82, 2.24) is 16.0 Å². The standard InChI is InChI=1S/C33H39N3O6/c1-34-16-22-4-7-31(37)25(10-22)19-40-28-13-29(41-20-26-11-23(17-35-2)5-8-32(26)38)15-30(14-28)42-21-27-12-24(18-36-3)6-9-33(27)39/h4-15,34-39H,16-21H2,1-3H3. The molecule has 4 aromatic carbocycles. The van der Waals surface area contributed by atoms with Crippen LogP contribution in [0.2, 0.25) is 0 Å². The van der Waals surface area contributed by atoms with E-state index in [1.54, 1.807) is 36.4 Å². The largest absolute Gasteiger partial charge is 0.508 e. The lowest BCUT2D eigenvalue weighted by atomic mass is 10.1. The highest BCUT2D eigenvalue weighted by Crippen LogP contribution is 2.32. The number of phenolic OH excluding ortho intramolecular Hbond substituents is 3. The Morgan fingerprint density at radius 3 is 1.00 bits per heavy atom. The first-order valence-corrected chi connectivity index (χ1v) is 13.8. The fourth-order valence-corrected chi connectivity index (χ4v) is 4.48. The molecule has 0 saturated heterocycles. The topological polar surface area (TPSA) is 124 Å². The van der Waals surface area contributed by atoms with Gasteiger partial charge in [-0.1, -0.05) is 18.2 Å². The minimum Gasteiger partial charge on any atom is -0.508 e. The van der Waals surface area contributed by atoms with Crippen LogP contribution in [0.1, 0.15) is 33.4 Å². The molecule has 0 amide bonds. The molecule has 9 nitrogen and oxygen atoms in total. The van der Waals surface area contributed by atoms with Crippen molar-refractivity contribution < 1.29 is 29.5 Å². The molecule has 0 unspecified atom stereocenters. The lowest BCUT2D eigenvalue weighted by molar-refractivity contribution is 0.269. The first-order chi connectivity index (χ1) is 20.4. The maximum Gasteiger partial charge on any atom is 0.127 e. The second-order valence-electron chi connectivity index (χ2n) is 9.99. The van der Waals surface area contributed by atoms with Gasteiger partial charge >= 0.3 is 0 Å². The van der Waals surface area contributed by atoms with Gasteiger partial charge in [0.1, 0.15) is 54.3 Å². The Morgan fingerprint density at radius 2 is 0.738 bits per heavy atom. The maximum atomic E-state index is 10.4. The highest BCUT2D eigenvalue weighted by atomic mass is 16.5. The van der Waals surface area contributed by atoms with E-state index in [0.717, 1.165) is 16.7 Å². The number of phenols is 3. The summed E-state index contributed by atoms with van der Waals surface area (Å²) in [7, 11) is 5.59. The lowest BCUT2D eigenvalue weighted by Crippen LogP contribution is -2.06. The van der Waals surface area contributed by atoms with Crippen molar-refractivity contribution in [3.63, 3.8) is 0 Å². The Balaban J connectivity index is 1.56. The van der Waals surface area contributed by atoms with Gasteiger partial charge in [-0.3, -0.25) is 0 Å². The molecule has 0 spiro atoms. The van der Waals surface area contributed by atoms with Crippen LogP contribution in [0.15, 0.2) is 72.8 Å². The van der Waals surface area contributed by atoms with Gasteiger partial charge < -0.3 is 45.5 Å². The predicted molar refractivity (Wildman–Crippen MR) is 162 cm³/mol. The molecule has 0 fully saturated rings. The Morgan fingerprint density at radius 1 is 0.452 bits per heavy atom. The smallest absolute Gasteiger partial charge is 0.127 e. The third kappa shape index (κ3) is 8.53. The van der Waals surface area contributed by atoms with E-state index in [9.17, 15) is 15.3 Å². The van der Waals surface area contributed by atoms with E-state index >= 15 is 0 Å². The quantitative estimate of drug-likeness (QED) is 0.120. The van der Waals surface area contributed by atoms with E-state index in [0.29, 0.717) is 53.6 Å². The number of benzene rings is 4. The van der Waals surface area contributed by atoms with Crippen molar-refractivity contribution in [3.8, 4) is 34.5 Å². The first kappa shape index (κ1) is 30.5. The third-order valence-corrected chi connectivity index (χ3v) is 6.61. The summed E-state index contributed by atoms with van der Waals surface area (Å²) >= 11 is 0. The van der Waals surface area contributed by atoms with Gasteiger partial charge in [0.25, 0.3) is 0 Å². The van der Waals surface area contributed by atoms with Crippen LogP contribution in [-0.4, -0.2) is 36.5 Å². The SMILES string of the molecule is CNCc1ccc(O)c(COc2cc(OCc3cc(CNC)ccc3O)cc(OCc3cc(CNC)ccc3O)c2)c1. The summed E-state index contributed by atoms with van der Waals surface area (Å²) in [6, 6.07) is 21.4. The minimum atomic E-state index is 0.131. The van der Waals surface area contributed by atoms with Crippen LogP contribution >= 0.6 is 0 Å². The monoisotopic (exact) mass is 573 g/mol. The molecule has 0 radical (unpaired) electrons. The van der Waals surface area contributed by atoms with Crippen molar-refractivity contribution in [2.75, 3.05) is 21.1 Å². The number of aromatic hydroxyl groups is 3. The molecule has 0 aliphatic heterocycles. The number of hydrogen-bond acceptors (Lipinski definition) is 9. The van der Waals surface area contributed by atoms with Gasteiger partial charge in [0.05, 0.1) is 0 Å². The summed E-state index contributed by atoms with van der Waals surface area (Å²) in [4.78, 5) is 0. The third-order valence-electron chi connectivity index (χ3n) is 6.61. The van der Waals surface area contributed by atoms with Gasteiger partial charge in [0.15, 0.2) is 0 Å². The summed E-state index contributed by atoms with van der Waals surface area (Å²) in [5, 5.41) is 40.4. The number of rotatable bonds is 15. The van der Waals surface area contributed by atoms with E-state index in [1.165, 1.54) is 0 Å². The fraction of sp³-hybridized carbons (Fsp3) is 0.273. The van der Waals surface area contributed by atoms with E-state index in [1.807, 2.05) is 57.5 Å². The zero-order valence-corrected chi connectivity index (χ0v) is 24.2. The van der Waals surface area contributed by atoms with Crippen molar-refractivity contribution in [3.05, 3.63) is 106 Å². The van der Waals surface area contributed by atoms with Gasteiger partial charge in [-0.25, -0.2) is 0 Å². The second kappa shape index (κ2) is 15.0. The van der Waals surface area contributed by atoms with Crippen molar-refractivity contribution in [2.45, 2.75) is 39.5 Å². The van der Waals surface area contributed by atoms with Gasteiger partial charge in [0, 0.05) is 54.5 Å². The van der Waals surface area contributed by atoms with Crippen LogP contribution in [0.25, 0.3) is 0 Å². The van der Waals surface area contributed by atoms with Crippen LogP contribution in [-0.2, 0) is 39.5 Å². The zero-order valence-electron chi connectivity index (χ0n) is 24.2. The molecule has 0 saturated carbocycles. The molecule has 0 aliphatic carbocycles. The average Bonchev–Trinajstić information content (AvgIpc) is 2.98. The average molecular weight is 574 g/mol. The van der Waals surface area contributed by atoms with Crippen molar-refractivity contribution in [1.29, 1.82) is 0 Å². The number of hydrogen-bond donors (Lipinski definition) is 6. The summed E-state index contributed by atoms with van der Waals surface area (Å²) in [6.07, 6.45) is 0. The molecular weight excluding hydrogens is 534 g/mol. The molecule has 4 rings (SSSR count). The van der Waals surface area contributed by atoms with Crippen molar-refractivity contribution >= 4 is 0 Å². The Kier molecular flexibility index (Phi) is 10.9. The normalized spacial score (nSPS) is 10.9. The molecule has 222 valence electrons. The molecule has 6 N–H and O–H groups in total. The number of ether oxygens (including phenoxy) is 3. The first-order valence-electron chi connectivity index (χ1n) is 13.8. The molecule has 4 aromatic rings. The van der Waals surface area contributed by atoms with E-state index in [2.05, 4.69) is 16.0 Å². The van der Waals surface area contributed by atoms with Gasteiger partial charge in [0.2, 0.25) is 0 Å². The van der Waals surface area contributed by atoms with Gasteiger partial charge in [-0.15, -0.1) is 0 Å². The van der Waals surface area contributed by atoms with Crippen LogP contribution in [0.5, 0.6) is 34.5 Å². The highest BCUT2D eigenvalue weighted by Gasteiger charge is 2.11. The Labute approximate surface area is 246 Å². The van der Waals surface area contributed by atoms with Crippen molar-refractivity contribution in [2.24, 2.45) is 0 Å². The molecule has 0 atom stereocenters. The van der Waals surface area contributed by atoms with Crippen LogP contribution < -0.4 is 30.2 Å². The molecule has 0 aliphatic rings. The van der Waals surface area contributed by atoms with Crippen LogP contribution in [0.4, 0.5) is 0 Å². The summed E-state index contributed by atoms with van der Waals surface area (Å²) in [6.45, 7) is 2.39. The van der Waals surface area contributed by atoms with Gasteiger partial charge in [-0.05, 0) is 74.2 Å². The molecule has 0 bridgehead atoms. The zero-order chi connectivity index (χ0) is 29.9. The molecule has 42 heavy (non-hydrogen) atoms. The van der Waals surface area contributed by atoms with Crippen LogP contribution in [0, 0.1) is 0 Å². The molecule has 0 heterocycles. The second-order valence-corrected chi connectivity index (χ2v) is 9.99. The maximum absolute atomic E-state index is 10.4. The Bertz CT molecular complexity index is 1290. The Hall–Kier alpha value is -4.44. The van der Waals surface area contributed by atoms with Gasteiger partial charge in [-0.2, -0.15) is 0 Å². The lowest BCUT2D eigenvalue weighted by Gasteiger charge is -2.15. The minimum absolute atomic E-state index is 0.131. The van der Waals surface area contributed by atoms with E-state index in [-0.39, 0.29) is 37.1 Å². The summed E-state index contributed by atoms with van der Waals surface area (Å²) in [5.74, 6) is 1.86. The fourth-order valence-electron chi connectivity index (χ4n) is 4.48. The molecule has 9 heteroatoms. The summed E-state index contributed by atoms with van der Waals surface area (Å²) in [5.41, 5.74) is 5.01. The molecule has 0 aromatic heterocycles. The summed E-state index contributed by atoms with van der Waals surface area (Å²) < 4.78 is 18.3. The van der Waals surface area contributed by atoms with E-state index < -0.39 is 0 Å². The number of nitrogens with one attached hydrogen (secondary N) is 3.